The van der Waals surface area contributed by atoms with Crippen LogP contribution in [0.15, 0.2) is 0 Å². The van der Waals surface area contributed by atoms with Gasteiger partial charge in [0.15, 0.2) is 0 Å². The molecule has 0 aromatic rings. The smallest absolute Gasteiger partial charge is 0.408 e. The second kappa shape index (κ2) is 9.33. The van der Waals surface area contributed by atoms with Crippen molar-refractivity contribution in [3.8, 4) is 0 Å². The molecule has 0 aliphatic rings. The van der Waals surface area contributed by atoms with E-state index < -0.39 is 29.7 Å². The number of unbranched alkanes of at least 4 members (excludes halogenated alkanes) is 1. The van der Waals surface area contributed by atoms with E-state index in [0.29, 0.717) is 25.7 Å². The first kappa shape index (κ1) is 19.4. The lowest BCUT2D eigenvalue weighted by molar-refractivity contribution is -0.125. The lowest BCUT2D eigenvalue weighted by Gasteiger charge is -2.23. The molecule has 0 rings (SSSR count). The van der Waals surface area contributed by atoms with Gasteiger partial charge >= 0.3 is 6.09 Å². The van der Waals surface area contributed by atoms with Crippen molar-refractivity contribution < 1.29 is 19.1 Å². The molecule has 0 radical (unpaired) electrons. The Balaban J connectivity index is 4.60. The zero-order chi connectivity index (χ0) is 16.5. The van der Waals surface area contributed by atoms with Crippen LogP contribution < -0.4 is 16.4 Å². The summed E-state index contributed by atoms with van der Waals surface area (Å²) in [7, 11) is 0. The van der Waals surface area contributed by atoms with E-state index in [1.165, 1.54) is 0 Å². The summed E-state index contributed by atoms with van der Waals surface area (Å²) in [5.41, 5.74) is 4.78. The number of nitrogens with two attached hydrogens (primary N) is 1. The summed E-state index contributed by atoms with van der Waals surface area (Å²) in [5.74, 6) is -0.405. The monoisotopic (exact) mass is 301 g/mol. The van der Waals surface area contributed by atoms with E-state index in [9.17, 15) is 14.4 Å². The van der Waals surface area contributed by atoms with Crippen molar-refractivity contribution in [3.63, 3.8) is 0 Å². The summed E-state index contributed by atoms with van der Waals surface area (Å²) in [5, 5.41) is 5.05. The van der Waals surface area contributed by atoms with Crippen LogP contribution in [0.5, 0.6) is 0 Å². The number of hydrogen-bond acceptors (Lipinski definition) is 5. The molecule has 7 nitrogen and oxygen atoms in total. The molecule has 21 heavy (non-hydrogen) atoms. The van der Waals surface area contributed by atoms with Crippen LogP contribution in [0.2, 0.25) is 0 Å². The van der Waals surface area contributed by atoms with Gasteiger partial charge in [-0.05, 0) is 53.5 Å². The van der Waals surface area contributed by atoms with Gasteiger partial charge in [0.25, 0.3) is 0 Å². The number of nitrogens with one attached hydrogen (secondary N) is 2. The second-order valence-corrected chi connectivity index (χ2v) is 5.92. The molecule has 7 heteroatoms. The van der Waals surface area contributed by atoms with Gasteiger partial charge in [0.05, 0.1) is 6.04 Å². The summed E-state index contributed by atoms with van der Waals surface area (Å²) in [6.07, 6.45) is 1.85. The van der Waals surface area contributed by atoms with Crippen LogP contribution in [0.25, 0.3) is 0 Å². The third kappa shape index (κ3) is 9.84. The summed E-state index contributed by atoms with van der Waals surface area (Å²) in [6, 6.07) is -1.34. The molecule has 0 fully saturated rings. The van der Waals surface area contributed by atoms with Crippen molar-refractivity contribution in [3.05, 3.63) is 0 Å². The van der Waals surface area contributed by atoms with Crippen molar-refractivity contribution in [1.82, 2.24) is 10.6 Å². The number of alkyl carbamates (subject to hydrolysis) is 1. The minimum atomic E-state index is -0.742. The van der Waals surface area contributed by atoms with Gasteiger partial charge in [0.2, 0.25) is 5.91 Å². The Labute approximate surface area is 126 Å². The SMILES string of the molecule is C[C@H](C=O)NC(=O)[C@@H](CCCCN)NC(=O)OC(C)(C)C. The number of hydrogen-bond donors (Lipinski definition) is 3. The van der Waals surface area contributed by atoms with Gasteiger partial charge in [-0.25, -0.2) is 4.79 Å². The molecule has 0 saturated carbocycles. The fourth-order valence-electron chi connectivity index (χ4n) is 1.57. The standard InChI is InChI=1S/C14H27N3O4/c1-10(9-18)16-12(19)11(7-5-6-8-15)17-13(20)21-14(2,3)4/h9-11H,5-8,15H2,1-4H3,(H,16,19)(H,17,20)/t10-,11-/m1/s1. The highest BCUT2D eigenvalue weighted by Crippen LogP contribution is 2.08. The van der Waals surface area contributed by atoms with E-state index in [4.69, 9.17) is 10.5 Å². The van der Waals surface area contributed by atoms with Crippen molar-refractivity contribution >= 4 is 18.3 Å². The average Bonchev–Trinajstić information content (AvgIpc) is 2.35. The van der Waals surface area contributed by atoms with Crippen LogP contribution in [-0.2, 0) is 14.3 Å². The predicted octanol–water partition coefficient (Wildman–Crippen LogP) is 0.712. The lowest BCUT2D eigenvalue weighted by Crippen LogP contribution is -2.50. The highest BCUT2D eigenvalue weighted by atomic mass is 16.6. The number of ether oxygens (including phenoxy) is 1. The molecule has 2 amide bonds. The second-order valence-electron chi connectivity index (χ2n) is 5.92. The Morgan fingerprint density at radius 2 is 1.86 bits per heavy atom. The summed E-state index contributed by atoms with van der Waals surface area (Å²) >= 11 is 0. The van der Waals surface area contributed by atoms with E-state index in [1.807, 2.05) is 0 Å². The fraction of sp³-hybridized carbons (Fsp3) is 0.786. The largest absolute Gasteiger partial charge is 0.444 e. The number of rotatable bonds is 8. The number of carbonyl (C=O) groups excluding carboxylic acids is 3. The molecule has 4 N–H and O–H groups in total. The fourth-order valence-corrected chi connectivity index (χ4v) is 1.57. The Bertz CT molecular complexity index is 353. The van der Waals surface area contributed by atoms with Gasteiger partial charge in [0.1, 0.15) is 17.9 Å². The van der Waals surface area contributed by atoms with E-state index in [2.05, 4.69) is 10.6 Å². The molecule has 0 saturated heterocycles. The molecular formula is C14H27N3O4. The molecule has 0 bridgehead atoms. The van der Waals surface area contributed by atoms with Crippen molar-refractivity contribution in [2.45, 2.75) is 64.6 Å². The number of carbonyl (C=O) groups is 3. The van der Waals surface area contributed by atoms with Gasteiger partial charge < -0.3 is 25.9 Å². The molecule has 0 aromatic heterocycles. The Morgan fingerprint density at radius 1 is 1.24 bits per heavy atom. The van der Waals surface area contributed by atoms with Crippen LogP contribution in [0.1, 0.15) is 47.0 Å². The van der Waals surface area contributed by atoms with E-state index in [1.54, 1.807) is 27.7 Å². The van der Waals surface area contributed by atoms with Gasteiger partial charge in [-0.15, -0.1) is 0 Å². The molecule has 0 heterocycles. The molecule has 0 unspecified atom stereocenters. The normalized spacial score (nSPS) is 14.0. The van der Waals surface area contributed by atoms with Gasteiger partial charge in [-0.2, -0.15) is 0 Å². The van der Waals surface area contributed by atoms with E-state index in [-0.39, 0.29) is 0 Å². The summed E-state index contributed by atoms with van der Waals surface area (Å²) < 4.78 is 5.13. The topological polar surface area (TPSA) is 111 Å². The minimum absolute atomic E-state index is 0.405. The Hall–Kier alpha value is -1.63. The molecule has 0 aromatic carbocycles. The minimum Gasteiger partial charge on any atom is -0.444 e. The van der Waals surface area contributed by atoms with E-state index in [0.717, 1.165) is 6.42 Å². The zero-order valence-corrected chi connectivity index (χ0v) is 13.3. The maximum atomic E-state index is 12.0. The lowest BCUT2D eigenvalue weighted by atomic mass is 10.1. The third-order valence-corrected chi connectivity index (χ3v) is 2.53. The van der Waals surface area contributed by atoms with Crippen LogP contribution in [0, 0.1) is 0 Å². The van der Waals surface area contributed by atoms with E-state index >= 15 is 0 Å². The third-order valence-electron chi connectivity index (χ3n) is 2.53. The van der Waals surface area contributed by atoms with Crippen LogP contribution in [0.3, 0.4) is 0 Å². The molecule has 122 valence electrons. The summed E-state index contributed by atoms with van der Waals surface area (Å²) in [6.45, 7) is 7.31. The first-order valence-electron chi connectivity index (χ1n) is 7.15. The molecule has 2 atom stereocenters. The van der Waals surface area contributed by atoms with Gasteiger partial charge in [-0.1, -0.05) is 0 Å². The van der Waals surface area contributed by atoms with Crippen LogP contribution in [0.4, 0.5) is 4.79 Å². The van der Waals surface area contributed by atoms with Gasteiger partial charge in [0, 0.05) is 0 Å². The Kier molecular flexibility index (Phi) is 8.61. The molecule has 0 spiro atoms. The molecule has 0 aliphatic heterocycles. The molecular weight excluding hydrogens is 274 g/mol. The van der Waals surface area contributed by atoms with Gasteiger partial charge in [-0.3, -0.25) is 4.79 Å². The van der Waals surface area contributed by atoms with Crippen molar-refractivity contribution in [1.29, 1.82) is 0 Å². The number of amides is 2. The first-order valence-corrected chi connectivity index (χ1v) is 7.15. The van der Waals surface area contributed by atoms with Crippen LogP contribution >= 0.6 is 0 Å². The van der Waals surface area contributed by atoms with Crippen molar-refractivity contribution in [2.24, 2.45) is 5.73 Å². The molecule has 0 aliphatic carbocycles. The zero-order valence-electron chi connectivity index (χ0n) is 13.3. The van der Waals surface area contributed by atoms with Crippen LogP contribution in [-0.4, -0.2) is 42.5 Å². The Morgan fingerprint density at radius 3 is 2.33 bits per heavy atom. The highest BCUT2D eigenvalue weighted by molar-refractivity contribution is 5.87. The van der Waals surface area contributed by atoms with Crippen molar-refractivity contribution in [2.75, 3.05) is 6.54 Å². The summed E-state index contributed by atoms with van der Waals surface area (Å²) in [4.78, 5) is 34.4. The predicted molar refractivity (Wildman–Crippen MR) is 79.7 cm³/mol. The maximum absolute atomic E-state index is 12.0. The quantitative estimate of drug-likeness (QED) is 0.452. The highest BCUT2D eigenvalue weighted by Gasteiger charge is 2.24. The number of aldehydes is 1. The maximum Gasteiger partial charge on any atom is 0.408 e. The first-order chi connectivity index (χ1) is 9.69. The average molecular weight is 301 g/mol.